The summed E-state index contributed by atoms with van der Waals surface area (Å²) in [6, 6.07) is 0.698. The van der Waals surface area contributed by atoms with Crippen LogP contribution in [0.25, 0.3) is 0 Å². The molecule has 2 atom stereocenters. The van der Waals surface area contributed by atoms with E-state index >= 15 is 0 Å². The maximum atomic E-state index is 12.2. The predicted octanol–water partition coefficient (Wildman–Crippen LogP) is 2.01. The van der Waals surface area contributed by atoms with Gasteiger partial charge in [0.15, 0.2) is 0 Å². The number of amides is 1. The summed E-state index contributed by atoms with van der Waals surface area (Å²) in [6.07, 6.45) is 4.00. The van der Waals surface area contributed by atoms with Crippen LogP contribution in [0.5, 0.6) is 0 Å². The number of likely N-dealkylation sites (tertiary alicyclic amines) is 1. The van der Waals surface area contributed by atoms with E-state index in [4.69, 9.17) is 4.42 Å². The highest BCUT2D eigenvalue weighted by atomic mass is 16.4. The molecule has 0 aromatic carbocycles. The minimum absolute atomic E-state index is 0.181. The molecule has 0 radical (unpaired) electrons. The minimum atomic E-state index is -0.181. The summed E-state index contributed by atoms with van der Waals surface area (Å²) in [5, 5.41) is 3.07. The van der Waals surface area contributed by atoms with Crippen molar-refractivity contribution in [1.29, 1.82) is 0 Å². The van der Waals surface area contributed by atoms with Crippen LogP contribution in [0.2, 0.25) is 0 Å². The Morgan fingerprint density at radius 3 is 2.80 bits per heavy atom. The molecule has 1 N–H and O–H groups in total. The molecular weight excluding hydrogens is 254 g/mol. The van der Waals surface area contributed by atoms with Gasteiger partial charge in [-0.3, -0.25) is 9.69 Å². The van der Waals surface area contributed by atoms with E-state index in [0.717, 1.165) is 31.7 Å². The number of carbonyl (C=O) groups is 1. The van der Waals surface area contributed by atoms with Gasteiger partial charge in [0.2, 0.25) is 0 Å². The third-order valence-corrected chi connectivity index (χ3v) is 4.38. The molecule has 2 heterocycles. The molecular formula is C15H23N3O2. The highest BCUT2D eigenvalue weighted by molar-refractivity contribution is 5.89. The molecule has 5 nitrogen and oxygen atoms in total. The average Bonchev–Trinajstić information content (AvgIpc) is 3.01. The molecule has 1 saturated heterocycles. The molecule has 110 valence electrons. The first-order chi connectivity index (χ1) is 9.54. The van der Waals surface area contributed by atoms with Gasteiger partial charge in [0, 0.05) is 31.1 Å². The summed E-state index contributed by atoms with van der Waals surface area (Å²) < 4.78 is 5.55. The smallest absolute Gasteiger partial charge is 0.307 e. The van der Waals surface area contributed by atoms with Gasteiger partial charge in [-0.15, -0.1) is 0 Å². The van der Waals surface area contributed by atoms with E-state index in [9.17, 15) is 4.79 Å². The molecule has 1 saturated carbocycles. The zero-order valence-corrected chi connectivity index (χ0v) is 12.4. The Kier molecular flexibility index (Phi) is 3.54. The van der Waals surface area contributed by atoms with Crippen molar-refractivity contribution < 1.29 is 9.21 Å². The lowest BCUT2D eigenvalue weighted by atomic mass is 10.1. The summed E-state index contributed by atoms with van der Waals surface area (Å²) in [4.78, 5) is 18.7. The number of rotatable bonds is 4. The third-order valence-electron chi connectivity index (χ3n) is 4.38. The van der Waals surface area contributed by atoms with Crippen LogP contribution in [0.15, 0.2) is 10.6 Å². The van der Waals surface area contributed by atoms with Crippen molar-refractivity contribution >= 4 is 5.91 Å². The zero-order valence-electron chi connectivity index (χ0n) is 12.4. The fraction of sp³-hybridized carbons (Fsp3) is 0.733. The first kappa shape index (κ1) is 13.6. The molecule has 1 aliphatic heterocycles. The maximum Gasteiger partial charge on any atom is 0.307 e. The van der Waals surface area contributed by atoms with E-state index < -0.39 is 0 Å². The Balaban J connectivity index is 1.60. The molecule has 0 spiro atoms. The van der Waals surface area contributed by atoms with E-state index in [1.807, 2.05) is 0 Å². The molecule has 2 fully saturated rings. The maximum absolute atomic E-state index is 12.2. The Morgan fingerprint density at radius 2 is 2.20 bits per heavy atom. The SMILES string of the molecule is CC1CN(C(C)C)CC1NC(=O)c1ncc(C2CC2)o1. The summed E-state index contributed by atoms with van der Waals surface area (Å²) in [5.74, 6) is 1.84. The van der Waals surface area contributed by atoms with Gasteiger partial charge in [-0.1, -0.05) is 6.92 Å². The lowest BCUT2D eigenvalue weighted by molar-refractivity contribution is 0.0893. The van der Waals surface area contributed by atoms with Crippen LogP contribution in [0.1, 0.15) is 56.0 Å². The number of oxazole rings is 1. The quantitative estimate of drug-likeness (QED) is 0.914. The first-order valence-corrected chi connectivity index (χ1v) is 7.55. The van der Waals surface area contributed by atoms with Crippen LogP contribution >= 0.6 is 0 Å². The molecule has 2 unspecified atom stereocenters. The summed E-state index contributed by atoms with van der Waals surface area (Å²) in [5.41, 5.74) is 0. The lowest BCUT2D eigenvalue weighted by Crippen LogP contribution is -2.40. The lowest BCUT2D eigenvalue weighted by Gasteiger charge is -2.20. The number of aromatic nitrogens is 1. The third kappa shape index (κ3) is 2.73. The van der Waals surface area contributed by atoms with Gasteiger partial charge in [0.25, 0.3) is 5.89 Å². The van der Waals surface area contributed by atoms with Crippen molar-refractivity contribution in [3.05, 3.63) is 17.8 Å². The van der Waals surface area contributed by atoms with E-state index in [1.165, 1.54) is 0 Å². The largest absolute Gasteiger partial charge is 0.437 e. The highest BCUT2D eigenvalue weighted by Gasteiger charge is 2.33. The standard InChI is InChI=1S/C15H23N3O2/c1-9(2)18-7-10(3)12(8-18)17-14(19)15-16-6-13(20-15)11-4-5-11/h6,9-12H,4-5,7-8H2,1-3H3,(H,17,19). The van der Waals surface area contributed by atoms with Gasteiger partial charge in [-0.05, 0) is 32.6 Å². The second kappa shape index (κ2) is 5.20. The molecule has 1 amide bonds. The second-order valence-corrected chi connectivity index (χ2v) is 6.45. The topological polar surface area (TPSA) is 58.4 Å². The van der Waals surface area contributed by atoms with Crippen molar-refractivity contribution in [2.24, 2.45) is 5.92 Å². The van der Waals surface area contributed by atoms with Crippen LogP contribution in [-0.2, 0) is 0 Å². The van der Waals surface area contributed by atoms with E-state index in [-0.39, 0.29) is 17.8 Å². The molecule has 1 aromatic rings. The summed E-state index contributed by atoms with van der Waals surface area (Å²) in [6.45, 7) is 8.49. The van der Waals surface area contributed by atoms with Crippen LogP contribution < -0.4 is 5.32 Å². The number of carbonyl (C=O) groups excluding carboxylic acids is 1. The molecule has 2 aliphatic rings. The molecule has 1 aromatic heterocycles. The van der Waals surface area contributed by atoms with E-state index in [1.54, 1.807) is 6.20 Å². The molecule has 20 heavy (non-hydrogen) atoms. The van der Waals surface area contributed by atoms with Crippen LogP contribution in [0.3, 0.4) is 0 Å². The van der Waals surface area contributed by atoms with Gasteiger partial charge in [0.1, 0.15) is 5.76 Å². The minimum Gasteiger partial charge on any atom is -0.437 e. The average molecular weight is 277 g/mol. The predicted molar refractivity (Wildman–Crippen MR) is 75.6 cm³/mol. The van der Waals surface area contributed by atoms with Gasteiger partial charge in [-0.25, -0.2) is 4.98 Å². The number of nitrogens with zero attached hydrogens (tertiary/aromatic N) is 2. The summed E-state index contributed by atoms with van der Waals surface area (Å²) in [7, 11) is 0. The van der Waals surface area contributed by atoms with Gasteiger partial charge in [0.05, 0.1) is 6.20 Å². The van der Waals surface area contributed by atoms with Gasteiger partial charge >= 0.3 is 5.91 Å². The Hall–Kier alpha value is -1.36. The fourth-order valence-electron chi connectivity index (χ4n) is 2.79. The second-order valence-electron chi connectivity index (χ2n) is 6.45. The molecule has 1 aliphatic carbocycles. The van der Waals surface area contributed by atoms with Crippen molar-refractivity contribution in [1.82, 2.24) is 15.2 Å². The monoisotopic (exact) mass is 277 g/mol. The number of hydrogen-bond acceptors (Lipinski definition) is 4. The van der Waals surface area contributed by atoms with Crippen molar-refractivity contribution in [2.45, 2.75) is 51.6 Å². The number of hydrogen-bond donors (Lipinski definition) is 1. The van der Waals surface area contributed by atoms with Crippen LogP contribution in [0.4, 0.5) is 0 Å². The molecule has 0 bridgehead atoms. The zero-order chi connectivity index (χ0) is 14.3. The Morgan fingerprint density at radius 1 is 1.45 bits per heavy atom. The molecule has 3 rings (SSSR count). The van der Waals surface area contributed by atoms with E-state index in [2.05, 4.69) is 36.0 Å². The van der Waals surface area contributed by atoms with Crippen molar-refractivity contribution in [2.75, 3.05) is 13.1 Å². The van der Waals surface area contributed by atoms with Crippen molar-refractivity contribution in [3.8, 4) is 0 Å². The normalized spacial score (nSPS) is 27.2. The summed E-state index contributed by atoms with van der Waals surface area (Å²) >= 11 is 0. The molecule has 5 heteroatoms. The van der Waals surface area contributed by atoms with Crippen molar-refractivity contribution in [3.63, 3.8) is 0 Å². The van der Waals surface area contributed by atoms with Gasteiger partial charge < -0.3 is 9.73 Å². The first-order valence-electron chi connectivity index (χ1n) is 7.55. The van der Waals surface area contributed by atoms with Crippen LogP contribution in [-0.4, -0.2) is 41.0 Å². The number of nitrogens with one attached hydrogen (secondary N) is 1. The Labute approximate surface area is 119 Å². The highest BCUT2D eigenvalue weighted by Crippen LogP contribution is 2.40. The van der Waals surface area contributed by atoms with Gasteiger partial charge in [-0.2, -0.15) is 0 Å². The van der Waals surface area contributed by atoms with E-state index in [0.29, 0.717) is 17.9 Å². The van der Waals surface area contributed by atoms with Crippen LogP contribution in [0, 0.1) is 5.92 Å². The fourth-order valence-corrected chi connectivity index (χ4v) is 2.79. The Bertz CT molecular complexity index is 493.